The molecular weight excluding hydrogens is 261 g/mol. The number of aliphatic hydroxyl groups is 1. The van der Waals surface area contributed by atoms with Crippen LogP contribution in [0.1, 0.15) is 24.8 Å². The van der Waals surface area contributed by atoms with Crippen LogP contribution in [0, 0.1) is 0 Å². The van der Waals surface area contributed by atoms with E-state index in [0.29, 0.717) is 22.2 Å². The minimum atomic E-state index is -0.535. The Bertz CT molecular complexity index is 385. The molecule has 1 aromatic rings. The molecule has 17 heavy (non-hydrogen) atoms. The Labute approximate surface area is 111 Å². The molecule has 1 aromatic carbocycles. The molecule has 2 atom stereocenters. The number of hydrogen-bond acceptors (Lipinski definition) is 3. The van der Waals surface area contributed by atoms with Crippen molar-refractivity contribution in [1.29, 1.82) is 0 Å². The summed E-state index contributed by atoms with van der Waals surface area (Å²) in [5, 5.41) is 10.6. The molecule has 3 N–H and O–H groups in total. The zero-order valence-electron chi connectivity index (χ0n) is 9.91. The molecular formula is C12H17Cl2NO2. The minimum absolute atomic E-state index is 0.0692. The first-order chi connectivity index (χ1) is 7.99. The quantitative estimate of drug-likeness (QED) is 0.870. The largest absolute Gasteiger partial charge is 0.495 e. The summed E-state index contributed by atoms with van der Waals surface area (Å²) in [5.74, 6) is 0.674. The van der Waals surface area contributed by atoms with Crippen LogP contribution < -0.4 is 10.5 Å². The summed E-state index contributed by atoms with van der Waals surface area (Å²) in [7, 11) is 1.56. The number of halogens is 2. The van der Waals surface area contributed by atoms with Crippen molar-refractivity contribution in [2.24, 2.45) is 5.73 Å². The van der Waals surface area contributed by atoms with E-state index in [4.69, 9.17) is 33.7 Å². The molecule has 3 nitrogen and oxygen atoms in total. The van der Waals surface area contributed by atoms with E-state index in [1.54, 1.807) is 19.2 Å². The van der Waals surface area contributed by atoms with Gasteiger partial charge in [0, 0.05) is 17.1 Å². The van der Waals surface area contributed by atoms with Gasteiger partial charge in [0.05, 0.1) is 18.2 Å². The lowest BCUT2D eigenvalue weighted by molar-refractivity contribution is 0.164. The molecule has 2 unspecified atom stereocenters. The molecule has 0 aliphatic rings. The van der Waals surface area contributed by atoms with E-state index in [-0.39, 0.29) is 12.5 Å². The molecule has 0 aliphatic carbocycles. The molecule has 0 aromatic heterocycles. The number of benzene rings is 1. The summed E-state index contributed by atoms with van der Waals surface area (Å²) >= 11 is 12.0. The van der Waals surface area contributed by atoms with Crippen molar-refractivity contribution >= 4 is 23.2 Å². The van der Waals surface area contributed by atoms with Crippen LogP contribution in [0.2, 0.25) is 10.0 Å². The highest BCUT2D eigenvalue weighted by Crippen LogP contribution is 2.37. The van der Waals surface area contributed by atoms with Crippen LogP contribution in [-0.2, 0) is 0 Å². The van der Waals surface area contributed by atoms with E-state index in [9.17, 15) is 5.11 Å². The molecule has 0 radical (unpaired) electrons. The normalized spacial score (nSPS) is 14.5. The monoisotopic (exact) mass is 277 g/mol. The smallest absolute Gasteiger partial charge is 0.141 e. The Balaban J connectivity index is 3.02. The van der Waals surface area contributed by atoms with E-state index in [2.05, 4.69) is 0 Å². The van der Waals surface area contributed by atoms with Gasteiger partial charge in [-0.15, -0.1) is 0 Å². The molecule has 0 amide bonds. The summed E-state index contributed by atoms with van der Waals surface area (Å²) in [6.07, 6.45) is 0.0104. The van der Waals surface area contributed by atoms with Crippen molar-refractivity contribution in [3.8, 4) is 5.75 Å². The highest BCUT2D eigenvalue weighted by atomic mass is 35.5. The summed E-state index contributed by atoms with van der Waals surface area (Å²) in [6.45, 7) is 2.21. The number of hydrogen-bond donors (Lipinski definition) is 2. The summed E-state index contributed by atoms with van der Waals surface area (Å²) in [6, 6.07) is 3.44. The fraction of sp³-hybridized carbons (Fsp3) is 0.500. The Hall–Kier alpha value is -0.480. The maximum Gasteiger partial charge on any atom is 0.141 e. The molecule has 1 rings (SSSR count). The number of rotatable bonds is 5. The summed E-state index contributed by atoms with van der Waals surface area (Å²) in [5.41, 5.74) is 6.28. The predicted octanol–water partition coefficient (Wildman–Crippen LogP) is 2.82. The van der Waals surface area contributed by atoms with Gasteiger partial charge in [0.15, 0.2) is 0 Å². The average Bonchev–Trinajstić information content (AvgIpc) is 2.27. The van der Waals surface area contributed by atoms with Crippen LogP contribution in [0.25, 0.3) is 0 Å². The topological polar surface area (TPSA) is 55.5 Å². The van der Waals surface area contributed by atoms with Crippen LogP contribution in [0.15, 0.2) is 12.1 Å². The average molecular weight is 278 g/mol. The van der Waals surface area contributed by atoms with Gasteiger partial charge in [-0.2, -0.15) is 0 Å². The minimum Gasteiger partial charge on any atom is -0.495 e. The van der Waals surface area contributed by atoms with Gasteiger partial charge in [-0.3, -0.25) is 0 Å². The van der Waals surface area contributed by atoms with Crippen LogP contribution >= 0.6 is 23.2 Å². The second-order valence-corrected chi connectivity index (χ2v) is 4.88. The van der Waals surface area contributed by atoms with E-state index in [0.717, 1.165) is 5.56 Å². The molecule has 0 bridgehead atoms. The molecule has 96 valence electrons. The van der Waals surface area contributed by atoms with Crippen molar-refractivity contribution < 1.29 is 9.84 Å². The van der Waals surface area contributed by atoms with Gasteiger partial charge in [-0.1, -0.05) is 30.1 Å². The van der Waals surface area contributed by atoms with Crippen molar-refractivity contribution in [2.45, 2.75) is 25.4 Å². The summed E-state index contributed by atoms with van der Waals surface area (Å²) in [4.78, 5) is 0. The second-order valence-electron chi connectivity index (χ2n) is 4.04. The number of nitrogens with two attached hydrogens (primary N) is 1. The molecule has 0 saturated heterocycles. The van der Waals surface area contributed by atoms with Crippen LogP contribution in [0.5, 0.6) is 5.75 Å². The van der Waals surface area contributed by atoms with Gasteiger partial charge in [0.1, 0.15) is 5.75 Å². The second kappa shape index (κ2) is 6.45. The van der Waals surface area contributed by atoms with Crippen molar-refractivity contribution in [3.05, 3.63) is 27.7 Å². The number of aliphatic hydroxyl groups excluding tert-OH is 1. The lowest BCUT2D eigenvalue weighted by Gasteiger charge is -2.19. The highest BCUT2D eigenvalue weighted by molar-refractivity contribution is 6.35. The molecule has 0 aliphatic heterocycles. The van der Waals surface area contributed by atoms with Crippen LogP contribution in [0.4, 0.5) is 0 Å². The highest BCUT2D eigenvalue weighted by Gasteiger charge is 2.18. The third kappa shape index (κ3) is 3.75. The summed E-state index contributed by atoms with van der Waals surface area (Å²) < 4.78 is 5.26. The van der Waals surface area contributed by atoms with E-state index in [1.807, 2.05) is 6.92 Å². The van der Waals surface area contributed by atoms with E-state index >= 15 is 0 Å². The first-order valence-electron chi connectivity index (χ1n) is 5.40. The van der Waals surface area contributed by atoms with Crippen LogP contribution in [0.3, 0.4) is 0 Å². The Morgan fingerprint density at radius 2 is 2.06 bits per heavy atom. The maximum atomic E-state index is 9.56. The maximum absolute atomic E-state index is 9.56. The van der Waals surface area contributed by atoms with Gasteiger partial charge in [-0.25, -0.2) is 0 Å². The van der Waals surface area contributed by atoms with Crippen molar-refractivity contribution in [2.75, 3.05) is 13.7 Å². The molecule has 0 fully saturated rings. The van der Waals surface area contributed by atoms with E-state index in [1.165, 1.54) is 0 Å². The molecule has 0 saturated carbocycles. The Morgan fingerprint density at radius 1 is 1.41 bits per heavy atom. The Kier molecular flexibility index (Phi) is 5.53. The van der Waals surface area contributed by atoms with Gasteiger partial charge >= 0.3 is 0 Å². The zero-order chi connectivity index (χ0) is 13.0. The standard InChI is InChI=1S/C12H17Cl2NO2/c1-7(3-9(16)6-15)10-4-8(13)5-11(14)12(10)17-2/h4-5,7,9,16H,3,6,15H2,1-2H3. The van der Waals surface area contributed by atoms with Gasteiger partial charge in [0.2, 0.25) is 0 Å². The lowest BCUT2D eigenvalue weighted by atomic mass is 9.94. The third-order valence-electron chi connectivity index (χ3n) is 2.67. The first-order valence-corrected chi connectivity index (χ1v) is 6.16. The molecule has 0 spiro atoms. The Morgan fingerprint density at radius 3 is 2.59 bits per heavy atom. The van der Waals surface area contributed by atoms with Crippen LogP contribution in [-0.4, -0.2) is 24.9 Å². The fourth-order valence-corrected chi connectivity index (χ4v) is 2.38. The first kappa shape index (κ1) is 14.6. The SMILES string of the molecule is COc1c(Cl)cc(Cl)cc1C(C)CC(O)CN. The third-order valence-corrected chi connectivity index (χ3v) is 3.17. The molecule has 5 heteroatoms. The number of ether oxygens (including phenoxy) is 1. The number of methoxy groups -OCH3 is 1. The van der Waals surface area contributed by atoms with Crippen molar-refractivity contribution in [3.63, 3.8) is 0 Å². The van der Waals surface area contributed by atoms with Gasteiger partial charge in [-0.05, 0) is 24.5 Å². The molecule has 0 heterocycles. The van der Waals surface area contributed by atoms with Gasteiger partial charge in [0.25, 0.3) is 0 Å². The van der Waals surface area contributed by atoms with Crippen molar-refractivity contribution in [1.82, 2.24) is 0 Å². The predicted molar refractivity (Wildman–Crippen MR) is 71.1 cm³/mol. The van der Waals surface area contributed by atoms with Gasteiger partial charge < -0.3 is 15.6 Å². The zero-order valence-corrected chi connectivity index (χ0v) is 11.4. The lowest BCUT2D eigenvalue weighted by Crippen LogP contribution is -2.21. The fourth-order valence-electron chi connectivity index (χ4n) is 1.79. The van der Waals surface area contributed by atoms with E-state index < -0.39 is 6.10 Å².